The minimum atomic E-state index is -3.47. The molecule has 1 aromatic heterocycles. The summed E-state index contributed by atoms with van der Waals surface area (Å²) in [6.07, 6.45) is 2.74. The molecule has 0 atom stereocenters. The van der Waals surface area contributed by atoms with Crippen molar-refractivity contribution in [2.45, 2.75) is 26.3 Å². The molecule has 1 amide bonds. The molecular formula is C21H26N2O3S2. The zero-order chi connectivity index (χ0) is 20.1. The zero-order valence-corrected chi connectivity index (χ0v) is 17.9. The zero-order valence-electron chi connectivity index (χ0n) is 16.2. The quantitative estimate of drug-likeness (QED) is 0.718. The molecular weight excluding hydrogens is 392 g/mol. The van der Waals surface area contributed by atoms with Gasteiger partial charge in [0, 0.05) is 36.3 Å². The Morgan fingerprint density at radius 1 is 1.21 bits per heavy atom. The number of thiophene rings is 1. The van der Waals surface area contributed by atoms with Crippen molar-refractivity contribution >= 4 is 33.3 Å². The lowest BCUT2D eigenvalue weighted by molar-refractivity contribution is -0.135. The van der Waals surface area contributed by atoms with Crippen LogP contribution >= 0.6 is 11.3 Å². The number of nitrogens with zero attached hydrogens (tertiary/aromatic N) is 2. The third kappa shape index (κ3) is 5.10. The van der Waals surface area contributed by atoms with Gasteiger partial charge in [0.2, 0.25) is 15.9 Å². The molecule has 150 valence electrons. The minimum Gasteiger partial charge on any atom is -0.340 e. The number of sulfonamides is 1. The van der Waals surface area contributed by atoms with Crippen LogP contribution in [0.2, 0.25) is 0 Å². The summed E-state index contributed by atoms with van der Waals surface area (Å²) in [5, 5.41) is 3.30. The van der Waals surface area contributed by atoms with Gasteiger partial charge in [-0.25, -0.2) is 8.42 Å². The van der Waals surface area contributed by atoms with Gasteiger partial charge in [0.1, 0.15) is 0 Å². The van der Waals surface area contributed by atoms with E-state index in [0.717, 1.165) is 5.56 Å². The van der Waals surface area contributed by atoms with E-state index in [4.69, 9.17) is 0 Å². The van der Waals surface area contributed by atoms with Crippen LogP contribution in [-0.4, -0.2) is 43.7 Å². The molecule has 1 fully saturated rings. The van der Waals surface area contributed by atoms with Crippen molar-refractivity contribution < 1.29 is 13.2 Å². The molecule has 7 heteroatoms. The Balaban J connectivity index is 1.55. The van der Waals surface area contributed by atoms with E-state index in [2.05, 4.69) is 13.0 Å². The molecule has 0 spiro atoms. The highest BCUT2D eigenvalue weighted by molar-refractivity contribution is 7.92. The molecule has 2 heterocycles. The standard InChI is InChI=1S/C21H26N2O3S2/c1-17-10-14-27-20(17)16-22(2)21(24)19-8-12-23(13-9-19)28(25,26)15-11-18-6-4-3-5-7-18/h3-7,10-11,14-15,19H,8-9,12-13,16H2,1-2H3/b15-11+. The van der Waals surface area contributed by atoms with E-state index in [-0.39, 0.29) is 11.8 Å². The van der Waals surface area contributed by atoms with Crippen LogP contribution in [0.5, 0.6) is 0 Å². The van der Waals surface area contributed by atoms with Crippen LogP contribution in [0.1, 0.15) is 28.8 Å². The molecule has 28 heavy (non-hydrogen) atoms. The van der Waals surface area contributed by atoms with Gasteiger partial charge in [-0.3, -0.25) is 4.79 Å². The van der Waals surface area contributed by atoms with E-state index in [9.17, 15) is 13.2 Å². The van der Waals surface area contributed by atoms with Gasteiger partial charge < -0.3 is 4.90 Å². The summed E-state index contributed by atoms with van der Waals surface area (Å²) in [4.78, 5) is 15.7. The smallest absolute Gasteiger partial charge is 0.236 e. The highest BCUT2D eigenvalue weighted by Gasteiger charge is 2.31. The van der Waals surface area contributed by atoms with Crippen molar-refractivity contribution in [3.05, 3.63) is 63.2 Å². The average Bonchev–Trinajstić information content (AvgIpc) is 3.11. The third-order valence-corrected chi connectivity index (χ3v) is 7.69. The molecule has 1 aliphatic heterocycles. The van der Waals surface area contributed by atoms with Gasteiger partial charge in [-0.05, 0) is 48.4 Å². The fourth-order valence-electron chi connectivity index (χ4n) is 3.34. The van der Waals surface area contributed by atoms with E-state index in [1.165, 1.54) is 20.2 Å². The predicted molar refractivity (Wildman–Crippen MR) is 114 cm³/mol. The SMILES string of the molecule is Cc1ccsc1CN(C)C(=O)C1CCN(S(=O)(=O)/C=C/c2ccccc2)CC1. The first-order chi connectivity index (χ1) is 13.4. The van der Waals surface area contributed by atoms with Crippen LogP contribution in [0.15, 0.2) is 47.2 Å². The highest BCUT2D eigenvalue weighted by Crippen LogP contribution is 2.24. The van der Waals surface area contributed by atoms with Crippen molar-refractivity contribution in [1.29, 1.82) is 0 Å². The lowest BCUT2D eigenvalue weighted by atomic mass is 9.96. The molecule has 3 rings (SSSR count). The Morgan fingerprint density at radius 2 is 1.89 bits per heavy atom. The average molecular weight is 419 g/mol. The summed E-state index contributed by atoms with van der Waals surface area (Å²) in [5.74, 6) is -0.0144. The van der Waals surface area contributed by atoms with Gasteiger partial charge in [-0.2, -0.15) is 4.31 Å². The molecule has 0 saturated carbocycles. The van der Waals surface area contributed by atoms with Crippen LogP contribution in [0.3, 0.4) is 0 Å². The van der Waals surface area contributed by atoms with Gasteiger partial charge in [0.15, 0.2) is 0 Å². The highest BCUT2D eigenvalue weighted by atomic mass is 32.2. The maximum atomic E-state index is 12.8. The maximum Gasteiger partial charge on any atom is 0.236 e. The van der Waals surface area contributed by atoms with E-state index in [1.54, 1.807) is 22.3 Å². The molecule has 0 bridgehead atoms. The Hall–Kier alpha value is -1.96. The minimum absolute atomic E-state index is 0.102. The largest absolute Gasteiger partial charge is 0.340 e. The number of hydrogen-bond donors (Lipinski definition) is 0. The van der Waals surface area contributed by atoms with Crippen molar-refractivity contribution in [3.8, 4) is 0 Å². The van der Waals surface area contributed by atoms with Crippen LogP contribution < -0.4 is 0 Å². The fourth-order valence-corrected chi connectivity index (χ4v) is 5.52. The second-order valence-corrected chi connectivity index (χ2v) is 9.97. The van der Waals surface area contributed by atoms with Crippen molar-refractivity contribution in [1.82, 2.24) is 9.21 Å². The molecule has 1 aromatic carbocycles. The first-order valence-corrected chi connectivity index (χ1v) is 11.8. The van der Waals surface area contributed by atoms with Crippen molar-refractivity contribution in [2.24, 2.45) is 5.92 Å². The lowest BCUT2D eigenvalue weighted by Crippen LogP contribution is -2.42. The Labute approximate surface area is 171 Å². The second-order valence-electron chi connectivity index (χ2n) is 7.15. The summed E-state index contributed by atoms with van der Waals surface area (Å²) < 4.78 is 26.6. The summed E-state index contributed by atoms with van der Waals surface area (Å²) >= 11 is 1.66. The number of hydrogen-bond acceptors (Lipinski definition) is 4. The predicted octanol–water partition coefficient (Wildman–Crippen LogP) is 3.73. The number of piperidine rings is 1. The molecule has 2 aromatic rings. The second kappa shape index (κ2) is 9.03. The number of rotatable bonds is 6. The van der Waals surface area contributed by atoms with E-state index in [0.29, 0.717) is 32.5 Å². The van der Waals surface area contributed by atoms with Gasteiger partial charge in [0.05, 0.1) is 6.54 Å². The summed E-state index contributed by atoms with van der Waals surface area (Å²) in [6, 6.07) is 11.4. The number of amides is 1. The van der Waals surface area contributed by atoms with E-state index in [1.807, 2.05) is 42.8 Å². The molecule has 1 aliphatic rings. The Bertz CT molecular complexity index is 928. The summed E-state index contributed by atoms with van der Waals surface area (Å²) in [7, 11) is -1.64. The van der Waals surface area contributed by atoms with Crippen molar-refractivity contribution in [3.63, 3.8) is 0 Å². The number of benzene rings is 1. The lowest BCUT2D eigenvalue weighted by Gasteiger charge is -2.31. The van der Waals surface area contributed by atoms with E-state index < -0.39 is 10.0 Å². The third-order valence-electron chi connectivity index (χ3n) is 5.12. The topological polar surface area (TPSA) is 57.7 Å². The first kappa shape index (κ1) is 20.8. The molecule has 0 unspecified atom stereocenters. The molecule has 0 aliphatic carbocycles. The van der Waals surface area contributed by atoms with E-state index >= 15 is 0 Å². The van der Waals surface area contributed by atoms with Crippen molar-refractivity contribution in [2.75, 3.05) is 20.1 Å². The molecule has 0 radical (unpaired) electrons. The van der Waals surface area contributed by atoms with Gasteiger partial charge in [-0.15, -0.1) is 11.3 Å². The van der Waals surface area contributed by atoms with Gasteiger partial charge in [-0.1, -0.05) is 30.3 Å². The normalized spacial score (nSPS) is 16.5. The number of carbonyl (C=O) groups is 1. The summed E-state index contributed by atoms with van der Waals surface area (Å²) in [5.41, 5.74) is 2.05. The maximum absolute atomic E-state index is 12.8. The Kier molecular flexibility index (Phi) is 6.69. The monoisotopic (exact) mass is 418 g/mol. The van der Waals surface area contributed by atoms with Crippen LogP contribution in [-0.2, 0) is 21.4 Å². The van der Waals surface area contributed by atoms with Crippen LogP contribution in [0, 0.1) is 12.8 Å². The Morgan fingerprint density at radius 3 is 2.50 bits per heavy atom. The fraction of sp³-hybridized carbons (Fsp3) is 0.381. The van der Waals surface area contributed by atoms with Crippen LogP contribution in [0.4, 0.5) is 0 Å². The van der Waals surface area contributed by atoms with Crippen LogP contribution in [0.25, 0.3) is 6.08 Å². The molecule has 1 saturated heterocycles. The number of aryl methyl sites for hydroxylation is 1. The number of carbonyl (C=O) groups excluding carboxylic acids is 1. The molecule has 0 N–H and O–H groups in total. The molecule has 5 nitrogen and oxygen atoms in total. The first-order valence-electron chi connectivity index (χ1n) is 9.38. The summed E-state index contributed by atoms with van der Waals surface area (Å²) in [6.45, 7) is 3.42. The van der Waals surface area contributed by atoms with Gasteiger partial charge >= 0.3 is 0 Å². The van der Waals surface area contributed by atoms with Gasteiger partial charge in [0.25, 0.3) is 0 Å².